The Hall–Kier alpha value is -1.49. The number of hydrogen-bond donors (Lipinski definition) is 2. The van der Waals surface area contributed by atoms with Gasteiger partial charge >= 0.3 is 0 Å². The molecule has 0 unspecified atom stereocenters. The molecule has 1 amide bonds. The van der Waals surface area contributed by atoms with Crippen LogP contribution in [0, 0.1) is 6.92 Å². The van der Waals surface area contributed by atoms with Gasteiger partial charge in [0.1, 0.15) is 11.5 Å². The van der Waals surface area contributed by atoms with Crippen LogP contribution in [0.25, 0.3) is 0 Å². The summed E-state index contributed by atoms with van der Waals surface area (Å²) in [5, 5.41) is 5.96. The average molecular weight is 248 g/mol. The van der Waals surface area contributed by atoms with E-state index in [9.17, 15) is 4.79 Å². The van der Waals surface area contributed by atoms with Crippen molar-refractivity contribution < 1.29 is 4.79 Å². The van der Waals surface area contributed by atoms with E-state index in [2.05, 4.69) is 27.5 Å². The molecule has 1 saturated heterocycles. The molecule has 1 aliphatic heterocycles. The predicted octanol–water partition coefficient (Wildman–Crippen LogP) is 0.786. The quantitative estimate of drug-likeness (QED) is 0.812. The number of rotatable bonds is 2. The first kappa shape index (κ1) is 13.0. The molecule has 2 heterocycles. The summed E-state index contributed by atoms with van der Waals surface area (Å²) in [4.78, 5) is 20.4. The maximum Gasteiger partial charge on any atom is 0.269 e. The Bertz CT molecular complexity index is 452. The summed E-state index contributed by atoms with van der Waals surface area (Å²) in [7, 11) is 1.62. The van der Waals surface area contributed by atoms with Crippen molar-refractivity contribution in [3.8, 4) is 0 Å². The lowest BCUT2D eigenvalue weighted by atomic mass is 9.77. The first-order valence-electron chi connectivity index (χ1n) is 6.34. The highest BCUT2D eigenvalue weighted by atomic mass is 16.1. The molecule has 0 aliphatic carbocycles. The fourth-order valence-corrected chi connectivity index (χ4v) is 2.36. The minimum atomic E-state index is -0.153. The van der Waals surface area contributed by atoms with Crippen LogP contribution in [-0.2, 0) is 5.41 Å². The van der Waals surface area contributed by atoms with E-state index in [1.807, 2.05) is 13.0 Å². The van der Waals surface area contributed by atoms with Gasteiger partial charge in [0.25, 0.3) is 5.91 Å². The van der Waals surface area contributed by atoms with Crippen LogP contribution >= 0.6 is 0 Å². The van der Waals surface area contributed by atoms with Gasteiger partial charge in [-0.05, 0) is 38.9 Å². The molecule has 0 radical (unpaired) electrons. The number of nitrogens with zero attached hydrogens (tertiary/aromatic N) is 2. The van der Waals surface area contributed by atoms with E-state index in [-0.39, 0.29) is 11.3 Å². The van der Waals surface area contributed by atoms with E-state index in [4.69, 9.17) is 0 Å². The molecule has 5 nitrogen and oxygen atoms in total. The summed E-state index contributed by atoms with van der Waals surface area (Å²) in [5.74, 6) is 0.505. The standard InChI is InChI=1S/C13H20N4O/c1-9-16-10(12(18)14-3)8-11(17-9)13(2)4-6-15-7-5-13/h8,15H,4-7H2,1-3H3,(H,14,18). The second-order valence-corrected chi connectivity index (χ2v) is 5.08. The van der Waals surface area contributed by atoms with Gasteiger partial charge in [0.15, 0.2) is 0 Å². The Labute approximate surface area is 107 Å². The number of amides is 1. The van der Waals surface area contributed by atoms with E-state index in [0.29, 0.717) is 11.5 Å². The third-order valence-corrected chi connectivity index (χ3v) is 3.62. The summed E-state index contributed by atoms with van der Waals surface area (Å²) in [6, 6.07) is 1.83. The maximum absolute atomic E-state index is 11.7. The molecule has 0 spiro atoms. The summed E-state index contributed by atoms with van der Waals surface area (Å²) in [6.07, 6.45) is 2.08. The Morgan fingerprint density at radius 2 is 2.06 bits per heavy atom. The zero-order valence-electron chi connectivity index (χ0n) is 11.2. The van der Waals surface area contributed by atoms with Gasteiger partial charge in [0, 0.05) is 12.5 Å². The molecule has 98 valence electrons. The van der Waals surface area contributed by atoms with Crippen LogP contribution in [0.2, 0.25) is 0 Å². The minimum absolute atomic E-state index is 0.0434. The van der Waals surface area contributed by atoms with Crippen LogP contribution < -0.4 is 10.6 Å². The molecule has 1 aromatic heterocycles. The molecule has 0 bridgehead atoms. The molecule has 0 aromatic carbocycles. The molecule has 2 N–H and O–H groups in total. The number of nitrogens with one attached hydrogen (secondary N) is 2. The lowest BCUT2D eigenvalue weighted by Gasteiger charge is -2.33. The van der Waals surface area contributed by atoms with Gasteiger partial charge in [-0.2, -0.15) is 0 Å². The maximum atomic E-state index is 11.7. The van der Waals surface area contributed by atoms with Crippen LogP contribution in [0.1, 0.15) is 41.8 Å². The first-order valence-corrected chi connectivity index (χ1v) is 6.34. The largest absolute Gasteiger partial charge is 0.354 e. The molecule has 18 heavy (non-hydrogen) atoms. The monoisotopic (exact) mass is 248 g/mol. The van der Waals surface area contributed by atoms with Crippen molar-refractivity contribution in [2.75, 3.05) is 20.1 Å². The van der Waals surface area contributed by atoms with Gasteiger partial charge in [-0.1, -0.05) is 6.92 Å². The van der Waals surface area contributed by atoms with Gasteiger partial charge < -0.3 is 10.6 Å². The van der Waals surface area contributed by atoms with Gasteiger partial charge in [-0.3, -0.25) is 4.79 Å². The molecule has 2 rings (SSSR count). The number of aryl methyl sites for hydroxylation is 1. The second kappa shape index (κ2) is 5.02. The van der Waals surface area contributed by atoms with Gasteiger partial charge in [0.05, 0.1) is 5.69 Å². The summed E-state index contributed by atoms with van der Waals surface area (Å²) in [6.45, 7) is 6.04. The second-order valence-electron chi connectivity index (χ2n) is 5.08. The molecular formula is C13H20N4O. The highest BCUT2D eigenvalue weighted by Gasteiger charge is 2.31. The number of piperidine rings is 1. The molecule has 1 fully saturated rings. The van der Waals surface area contributed by atoms with E-state index in [1.54, 1.807) is 7.05 Å². The molecule has 1 aliphatic rings. The highest BCUT2D eigenvalue weighted by Crippen LogP contribution is 2.31. The topological polar surface area (TPSA) is 66.9 Å². The fraction of sp³-hybridized carbons (Fsp3) is 0.615. The average Bonchev–Trinajstić information content (AvgIpc) is 2.38. The van der Waals surface area contributed by atoms with E-state index in [0.717, 1.165) is 31.6 Å². The normalized spacial score (nSPS) is 18.4. The van der Waals surface area contributed by atoms with Crippen LogP contribution in [0.5, 0.6) is 0 Å². The van der Waals surface area contributed by atoms with Gasteiger partial charge in [0.2, 0.25) is 0 Å². The molecular weight excluding hydrogens is 228 g/mol. The summed E-state index contributed by atoms with van der Waals surface area (Å²) < 4.78 is 0. The Balaban J connectivity index is 2.38. The SMILES string of the molecule is CNC(=O)c1cc(C2(C)CCNCC2)nc(C)n1. The van der Waals surface area contributed by atoms with Gasteiger partial charge in [-0.15, -0.1) is 0 Å². The zero-order chi connectivity index (χ0) is 13.2. The minimum Gasteiger partial charge on any atom is -0.354 e. The zero-order valence-corrected chi connectivity index (χ0v) is 11.2. The number of carbonyl (C=O) groups is 1. The van der Waals surface area contributed by atoms with E-state index in [1.165, 1.54) is 0 Å². The molecule has 0 atom stereocenters. The van der Waals surface area contributed by atoms with E-state index < -0.39 is 0 Å². The lowest BCUT2D eigenvalue weighted by molar-refractivity contribution is 0.0957. The number of carbonyl (C=O) groups excluding carboxylic acids is 1. The van der Waals surface area contributed by atoms with Crippen molar-refractivity contribution in [3.05, 3.63) is 23.3 Å². The van der Waals surface area contributed by atoms with Crippen LogP contribution in [-0.4, -0.2) is 36.0 Å². The third-order valence-electron chi connectivity index (χ3n) is 3.62. The van der Waals surface area contributed by atoms with Gasteiger partial charge in [-0.25, -0.2) is 9.97 Å². The predicted molar refractivity (Wildman–Crippen MR) is 69.6 cm³/mol. The van der Waals surface area contributed by atoms with Crippen LogP contribution in [0.15, 0.2) is 6.07 Å². The molecule has 0 saturated carbocycles. The summed E-state index contributed by atoms with van der Waals surface area (Å²) >= 11 is 0. The smallest absolute Gasteiger partial charge is 0.269 e. The third kappa shape index (κ3) is 2.51. The fourth-order valence-electron chi connectivity index (χ4n) is 2.36. The Kier molecular flexibility index (Phi) is 3.61. The summed E-state index contributed by atoms with van der Waals surface area (Å²) in [5.41, 5.74) is 1.48. The van der Waals surface area contributed by atoms with Crippen molar-refractivity contribution in [2.45, 2.75) is 32.1 Å². The van der Waals surface area contributed by atoms with E-state index >= 15 is 0 Å². The lowest BCUT2D eigenvalue weighted by Crippen LogP contribution is -2.38. The van der Waals surface area contributed by atoms with Crippen LogP contribution in [0.3, 0.4) is 0 Å². The molecule has 1 aromatic rings. The number of aromatic nitrogens is 2. The van der Waals surface area contributed by atoms with Crippen molar-refractivity contribution >= 4 is 5.91 Å². The molecule has 5 heteroatoms. The Morgan fingerprint density at radius 3 is 2.67 bits per heavy atom. The first-order chi connectivity index (χ1) is 8.55. The van der Waals surface area contributed by atoms with Crippen LogP contribution in [0.4, 0.5) is 0 Å². The Morgan fingerprint density at radius 1 is 1.39 bits per heavy atom. The van der Waals surface area contributed by atoms with Crippen molar-refractivity contribution in [2.24, 2.45) is 0 Å². The number of hydrogen-bond acceptors (Lipinski definition) is 4. The van der Waals surface area contributed by atoms with Crippen molar-refractivity contribution in [1.82, 2.24) is 20.6 Å². The van der Waals surface area contributed by atoms with Crippen molar-refractivity contribution in [1.29, 1.82) is 0 Å². The highest BCUT2D eigenvalue weighted by molar-refractivity contribution is 5.92. The van der Waals surface area contributed by atoms with Crippen molar-refractivity contribution in [3.63, 3.8) is 0 Å².